The molecule has 0 fully saturated rings. The molecule has 0 spiro atoms. The first-order chi connectivity index (χ1) is 11.5. The van der Waals surface area contributed by atoms with Crippen molar-refractivity contribution >= 4 is 12.0 Å². The Labute approximate surface area is 143 Å². The van der Waals surface area contributed by atoms with E-state index in [1.165, 1.54) is 0 Å². The third kappa shape index (κ3) is 5.26. The maximum absolute atomic E-state index is 12.4. The monoisotopic (exact) mass is 327 g/mol. The van der Waals surface area contributed by atoms with Gasteiger partial charge in [0, 0.05) is 38.0 Å². The van der Waals surface area contributed by atoms with Gasteiger partial charge in [0.25, 0.3) is 0 Å². The predicted molar refractivity (Wildman–Crippen MR) is 95.5 cm³/mol. The topological polar surface area (TPSA) is 47.4 Å². The molecule has 0 aliphatic heterocycles. The molecule has 0 saturated heterocycles. The third-order valence-electron chi connectivity index (χ3n) is 3.47. The van der Waals surface area contributed by atoms with Crippen molar-refractivity contribution in [3.63, 3.8) is 0 Å². The van der Waals surface area contributed by atoms with Crippen LogP contribution < -0.4 is 4.74 Å². The molecular formula is C19H25N3O2. The van der Waals surface area contributed by atoms with E-state index < -0.39 is 0 Å². The van der Waals surface area contributed by atoms with Gasteiger partial charge in [0.05, 0.1) is 12.3 Å². The summed E-state index contributed by atoms with van der Waals surface area (Å²) in [6.45, 7) is 7.16. The number of rotatable bonds is 7. The van der Waals surface area contributed by atoms with E-state index >= 15 is 0 Å². The van der Waals surface area contributed by atoms with Crippen LogP contribution in [-0.2, 0) is 18.4 Å². The van der Waals surface area contributed by atoms with Gasteiger partial charge in [-0.2, -0.15) is 5.10 Å². The molecule has 2 rings (SSSR count). The number of carbonyl (C=O) groups is 1. The van der Waals surface area contributed by atoms with Gasteiger partial charge in [0.1, 0.15) is 5.75 Å². The summed E-state index contributed by atoms with van der Waals surface area (Å²) in [7, 11) is 1.87. The number of hydrogen-bond donors (Lipinski definition) is 0. The normalized spacial score (nSPS) is 11.2. The predicted octanol–water partition coefficient (Wildman–Crippen LogP) is 3.27. The summed E-state index contributed by atoms with van der Waals surface area (Å²) in [6, 6.07) is 7.73. The maximum atomic E-state index is 12.4. The highest BCUT2D eigenvalue weighted by atomic mass is 16.5. The molecule has 0 aliphatic carbocycles. The smallest absolute Gasteiger partial charge is 0.246 e. The van der Waals surface area contributed by atoms with Gasteiger partial charge in [-0.3, -0.25) is 9.48 Å². The van der Waals surface area contributed by atoms with Crippen molar-refractivity contribution in [1.82, 2.24) is 14.7 Å². The molecule has 5 nitrogen and oxygen atoms in total. The number of amides is 1. The van der Waals surface area contributed by atoms with E-state index in [2.05, 4.69) is 5.10 Å². The van der Waals surface area contributed by atoms with Crippen molar-refractivity contribution in [2.45, 2.75) is 33.4 Å². The van der Waals surface area contributed by atoms with Crippen LogP contribution in [0.4, 0.5) is 0 Å². The van der Waals surface area contributed by atoms with Gasteiger partial charge < -0.3 is 9.64 Å². The lowest BCUT2D eigenvalue weighted by molar-refractivity contribution is -0.126. The molecule has 24 heavy (non-hydrogen) atoms. The molecule has 0 unspecified atom stereocenters. The van der Waals surface area contributed by atoms with Crippen LogP contribution in [0.1, 0.15) is 31.9 Å². The molecular weight excluding hydrogens is 302 g/mol. The summed E-state index contributed by atoms with van der Waals surface area (Å²) < 4.78 is 7.41. The van der Waals surface area contributed by atoms with E-state index in [-0.39, 0.29) is 12.0 Å². The minimum absolute atomic E-state index is 0.0171. The van der Waals surface area contributed by atoms with Crippen molar-refractivity contribution in [3.05, 3.63) is 53.9 Å². The third-order valence-corrected chi connectivity index (χ3v) is 3.47. The quantitative estimate of drug-likeness (QED) is 0.733. The lowest BCUT2D eigenvalue weighted by atomic mass is 10.2. The Bertz CT molecular complexity index is 704. The van der Waals surface area contributed by atoms with E-state index in [9.17, 15) is 4.79 Å². The number of hydrogen-bond acceptors (Lipinski definition) is 3. The molecule has 1 aromatic heterocycles. The molecule has 0 aliphatic rings. The van der Waals surface area contributed by atoms with Crippen LogP contribution in [0.25, 0.3) is 6.08 Å². The number of ether oxygens (including phenoxy) is 1. The van der Waals surface area contributed by atoms with Crippen LogP contribution >= 0.6 is 0 Å². The number of likely N-dealkylation sites (N-methyl/N-ethyl adjacent to an activating group) is 1. The summed E-state index contributed by atoms with van der Waals surface area (Å²) in [5.74, 6) is 0.791. The fourth-order valence-electron chi connectivity index (χ4n) is 2.36. The van der Waals surface area contributed by atoms with Crippen molar-refractivity contribution in [2.75, 3.05) is 6.54 Å². The Hall–Kier alpha value is -2.56. The first-order valence-electron chi connectivity index (χ1n) is 8.19. The first kappa shape index (κ1) is 17.8. The van der Waals surface area contributed by atoms with Crippen molar-refractivity contribution in [1.29, 1.82) is 0 Å². The molecule has 128 valence electrons. The van der Waals surface area contributed by atoms with Crippen molar-refractivity contribution in [3.8, 4) is 5.75 Å². The van der Waals surface area contributed by atoms with Crippen LogP contribution in [0.2, 0.25) is 0 Å². The number of nitrogens with zero attached hydrogens (tertiary/aromatic N) is 3. The van der Waals surface area contributed by atoms with Gasteiger partial charge in [-0.05, 0) is 44.5 Å². The lowest BCUT2D eigenvalue weighted by Crippen LogP contribution is -2.28. The van der Waals surface area contributed by atoms with Gasteiger partial charge in [-0.25, -0.2) is 0 Å². The fourth-order valence-corrected chi connectivity index (χ4v) is 2.36. The Morgan fingerprint density at radius 1 is 1.42 bits per heavy atom. The summed E-state index contributed by atoms with van der Waals surface area (Å²) in [4.78, 5) is 14.2. The summed E-state index contributed by atoms with van der Waals surface area (Å²) in [5, 5.41) is 4.14. The summed E-state index contributed by atoms with van der Waals surface area (Å²) in [6.07, 6.45) is 7.26. The van der Waals surface area contributed by atoms with E-state index in [0.717, 1.165) is 16.9 Å². The SMILES string of the molecule is CCN(Cc1cnn(C)c1)C(=O)/C=C/c1cccc(OC(C)C)c1. The van der Waals surface area contributed by atoms with E-state index in [4.69, 9.17) is 4.74 Å². The van der Waals surface area contributed by atoms with Crippen molar-refractivity contribution in [2.24, 2.45) is 7.05 Å². The maximum Gasteiger partial charge on any atom is 0.246 e. The fraction of sp³-hybridized carbons (Fsp3) is 0.368. The number of aromatic nitrogens is 2. The van der Waals surface area contributed by atoms with E-state index in [0.29, 0.717) is 13.1 Å². The summed E-state index contributed by atoms with van der Waals surface area (Å²) in [5.41, 5.74) is 1.97. The first-order valence-corrected chi connectivity index (χ1v) is 8.19. The molecule has 1 aromatic carbocycles. The minimum Gasteiger partial charge on any atom is -0.491 e. The van der Waals surface area contributed by atoms with Crippen LogP contribution in [-0.4, -0.2) is 33.2 Å². The van der Waals surface area contributed by atoms with Gasteiger partial charge >= 0.3 is 0 Å². The van der Waals surface area contributed by atoms with Crippen LogP contribution in [0.3, 0.4) is 0 Å². The molecule has 0 bridgehead atoms. The molecule has 0 N–H and O–H groups in total. The van der Waals surface area contributed by atoms with Gasteiger partial charge in [0.15, 0.2) is 0 Å². The van der Waals surface area contributed by atoms with Crippen molar-refractivity contribution < 1.29 is 9.53 Å². The average molecular weight is 327 g/mol. The Morgan fingerprint density at radius 2 is 2.21 bits per heavy atom. The standard InChI is InChI=1S/C19H25N3O2/c1-5-22(14-17-12-20-21(4)13-17)19(23)10-9-16-7-6-8-18(11-16)24-15(2)3/h6-13,15H,5,14H2,1-4H3/b10-9+. The van der Waals surface area contributed by atoms with Crippen LogP contribution in [0.5, 0.6) is 5.75 Å². The number of benzene rings is 1. The Kier molecular flexibility index (Phi) is 6.18. The molecule has 2 aromatic rings. The number of aryl methyl sites for hydroxylation is 1. The average Bonchev–Trinajstić information content (AvgIpc) is 2.95. The second-order valence-electron chi connectivity index (χ2n) is 5.95. The Balaban J connectivity index is 2.02. The molecule has 5 heteroatoms. The highest BCUT2D eigenvalue weighted by Crippen LogP contribution is 2.16. The number of carbonyl (C=O) groups excluding carboxylic acids is 1. The zero-order chi connectivity index (χ0) is 17.5. The highest BCUT2D eigenvalue weighted by Gasteiger charge is 2.10. The van der Waals surface area contributed by atoms with Crippen LogP contribution in [0, 0.1) is 0 Å². The molecule has 0 saturated carbocycles. The second kappa shape index (κ2) is 8.34. The van der Waals surface area contributed by atoms with Gasteiger partial charge in [-0.15, -0.1) is 0 Å². The molecule has 0 radical (unpaired) electrons. The molecule has 1 heterocycles. The Morgan fingerprint density at radius 3 is 2.83 bits per heavy atom. The lowest BCUT2D eigenvalue weighted by Gasteiger charge is -2.18. The zero-order valence-corrected chi connectivity index (χ0v) is 14.8. The second-order valence-corrected chi connectivity index (χ2v) is 5.95. The largest absolute Gasteiger partial charge is 0.491 e. The van der Waals surface area contributed by atoms with E-state index in [1.54, 1.807) is 21.9 Å². The molecule has 1 amide bonds. The van der Waals surface area contributed by atoms with Gasteiger partial charge in [-0.1, -0.05) is 12.1 Å². The van der Waals surface area contributed by atoms with Gasteiger partial charge in [0.2, 0.25) is 5.91 Å². The highest BCUT2D eigenvalue weighted by molar-refractivity contribution is 5.91. The van der Waals surface area contributed by atoms with E-state index in [1.807, 2.05) is 64.4 Å². The zero-order valence-electron chi connectivity index (χ0n) is 14.8. The summed E-state index contributed by atoms with van der Waals surface area (Å²) >= 11 is 0. The molecule has 0 atom stereocenters. The minimum atomic E-state index is -0.0171. The van der Waals surface area contributed by atoms with Crippen LogP contribution in [0.15, 0.2) is 42.7 Å².